The average molecular weight is 1600 g/mol. The highest BCUT2D eigenvalue weighted by atomic mass is 79.9. The Morgan fingerprint density at radius 3 is 1.03 bits per heavy atom. The maximum atomic E-state index is 12.9. The van der Waals surface area contributed by atoms with E-state index in [1.807, 2.05) is 260 Å². The first kappa shape index (κ1) is 80.2. The van der Waals surface area contributed by atoms with E-state index in [9.17, 15) is 54.1 Å². The number of phenols is 4. The van der Waals surface area contributed by atoms with E-state index in [1.165, 1.54) is 66.0 Å². The van der Waals surface area contributed by atoms with Crippen LogP contribution in [0.1, 0.15) is 119 Å². The molecule has 12 aromatic rings. The van der Waals surface area contributed by atoms with Crippen LogP contribution in [-0.4, -0.2) is 47.5 Å². The van der Waals surface area contributed by atoms with Crippen molar-refractivity contribution < 1.29 is 58.4 Å². The Bertz CT molecular complexity index is 5140. The number of thioether (sulfide) groups is 2. The van der Waals surface area contributed by atoms with Crippen molar-refractivity contribution >= 4 is 132 Å². The summed E-state index contributed by atoms with van der Waals surface area (Å²) < 4.78 is 24.7. The molecule has 0 aliphatic carbocycles. The van der Waals surface area contributed by atoms with Crippen LogP contribution in [0.15, 0.2) is 274 Å². The van der Waals surface area contributed by atoms with Crippen LogP contribution in [0.2, 0.25) is 0 Å². The van der Waals surface area contributed by atoms with Gasteiger partial charge in [-0.3, -0.25) is 19.7 Å². The normalized spacial score (nSPS) is 10.9. The van der Waals surface area contributed by atoms with Gasteiger partial charge in [0.2, 0.25) is 16.0 Å². The Hall–Kier alpha value is -11.9. The lowest BCUT2D eigenvalue weighted by atomic mass is 10.0. The third-order valence-corrected chi connectivity index (χ3v) is 19.2. The molecule has 4 N–H and O–H groups in total. The van der Waals surface area contributed by atoms with E-state index >= 15 is 0 Å². The number of carbonyl (C=O) groups is 4. The molecule has 0 atom stereocenters. The molecule has 13 nitrogen and oxygen atoms in total. The van der Waals surface area contributed by atoms with Gasteiger partial charge in [0.05, 0.1) is 25.0 Å². The summed E-state index contributed by atoms with van der Waals surface area (Å²) in [4.78, 5) is 62.0. The molecule has 0 saturated carbocycles. The number of hydrogen-bond donors (Lipinski definition) is 4. The van der Waals surface area contributed by atoms with Gasteiger partial charge in [0.15, 0.2) is 0 Å². The molecule has 0 heterocycles. The number of halogens is 3. The number of esters is 2. The van der Waals surface area contributed by atoms with Crippen LogP contribution in [-0.2, 0) is 0 Å². The van der Waals surface area contributed by atoms with Gasteiger partial charge in [-0.25, -0.2) is 14.0 Å². The molecule has 0 unspecified atom stereocenters. The van der Waals surface area contributed by atoms with E-state index in [0.29, 0.717) is 37.1 Å². The number of nitrogens with zero attached hydrogens (tertiary/aromatic N) is 1. The van der Waals surface area contributed by atoms with Gasteiger partial charge in [0.25, 0.3) is 0 Å². The first-order valence-corrected chi connectivity index (χ1v) is 36.7. The molecule has 0 fully saturated rings. The van der Waals surface area contributed by atoms with Gasteiger partial charge in [-0.2, -0.15) is 0 Å². The van der Waals surface area contributed by atoms with E-state index < -0.39 is 16.9 Å². The van der Waals surface area contributed by atoms with Gasteiger partial charge >= 0.3 is 17.6 Å². The van der Waals surface area contributed by atoms with Crippen LogP contribution in [0.4, 0.5) is 10.1 Å². The molecule has 542 valence electrons. The smallest absolute Gasteiger partial charge is 0.343 e. The first-order valence-electron chi connectivity index (χ1n) is 33.5. The van der Waals surface area contributed by atoms with Gasteiger partial charge in [-0.05, 0) is 314 Å². The predicted octanol–water partition coefficient (Wildman–Crippen LogP) is 24.0. The summed E-state index contributed by atoms with van der Waals surface area (Å²) in [5.74, 6) is -0.281. The fraction of sp³-hybridized carbons (Fsp3) is 0.0667. The van der Waals surface area contributed by atoms with Crippen molar-refractivity contribution in [3.8, 4) is 34.5 Å². The molecular formula is C90H72Br2FNO12S2. The SMILES string of the molecule is Cc1cc(/C=C/c2cccc(C(=O)Oc3ccc(F)cc3)c2)cc(C)c1O.Cc1cc(/C=C/c2cccc(C(=O)Oc3ccccc3[N+](=O)[O-])c2)cc(C)c1O.Cc1cc(/C=C/c2cccc(C(=O)Sc3ccccc3)c2)cc(C)c1O.O=C(Sc1ccccc1)c1cccc(/C=C/c2cc(Br)c(O)c(Br)c2)c1. The van der Waals surface area contributed by atoms with Gasteiger partial charge in [0.1, 0.15) is 34.6 Å². The number of nitro benzene ring substituents is 1. The molecule has 12 rings (SSSR count). The van der Waals surface area contributed by atoms with Crippen molar-refractivity contribution in [2.24, 2.45) is 0 Å². The fourth-order valence-corrected chi connectivity index (χ4v) is 13.3. The molecule has 12 aromatic carbocycles. The van der Waals surface area contributed by atoms with Crippen LogP contribution in [0, 0.1) is 57.5 Å². The Balaban J connectivity index is 0.000000166. The molecule has 0 saturated heterocycles. The standard InChI is InChI=1S/C23H19FO3.C23H19NO5.C23H20O2S.C21H14Br2O2S/c1-15-12-18(13-16(2)22(15)25)7-6-17-4-3-5-19(14-17)23(26)27-21-10-8-20(24)9-11-21;1-15-12-18(13-16(2)22(15)25)11-10-17-6-5-7-19(14-17)23(26)29-21-9-4-3-8-20(21)24(27)28;1-16-13-19(14-17(2)22(16)24)12-11-18-7-6-8-20(15-18)23(25)26-21-9-4-3-5-10-21;22-18-12-15(13-19(23)20(18)24)10-9-14-5-4-6-16(11-14)21(25)26-17-7-2-1-3-8-17/h3-14,25H,1-2H3;3-14,25H,1-2H3;3-15,24H,1-2H3;1-13,24H/b7-6+;11-10+;12-11+;10-9+. The number of carbonyl (C=O) groups excluding carboxylic acids is 4. The van der Waals surface area contributed by atoms with Gasteiger partial charge in [-0.15, -0.1) is 0 Å². The quantitative estimate of drug-likeness (QED) is 0.0167. The van der Waals surface area contributed by atoms with E-state index in [1.54, 1.807) is 42.5 Å². The zero-order chi connectivity index (χ0) is 77.4. The molecule has 0 radical (unpaired) electrons. The van der Waals surface area contributed by atoms with E-state index in [-0.39, 0.29) is 50.3 Å². The lowest BCUT2D eigenvalue weighted by Crippen LogP contribution is -2.09. The summed E-state index contributed by atoms with van der Waals surface area (Å²) in [7, 11) is 0. The number of phenolic OH excluding ortho intramolecular Hbond substituents is 4. The summed E-state index contributed by atoms with van der Waals surface area (Å²) in [6, 6.07) is 74.3. The zero-order valence-corrected chi connectivity index (χ0v) is 64.1. The molecule has 0 spiro atoms. The van der Waals surface area contributed by atoms with Crippen LogP contribution in [0.5, 0.6) is 34.5 Å². The molecule has 0 bridgehead atoms. The van der Waals surface area contributed by atoms with Crippen LogP contribution in [0.3, 0.4) is 0 Å². The second kappa shape index (κ2) is 38.9. The maximum absolute atomic E-state index is 12.9. The molecule has 0 aliphatic rings. The van der Waals surface area contributed by atoms with Crippen LogP contribution < -0.4 is 9.47 Å². The monoisotopic (exact) mass is 1600 g/mol. The number of ether oxygens (including phenoxy) is 2. The number of para-hydroxylation sites is 2. The van der Waals surface area contributed by atoms with Crippen LogP contribution >= 0.6 is 55.4 Å². The van der Waals surface area contributed by atoms with Crippen LogP contribution in [0.25, 0.3) is 48.6 Å². The van der Waals surface area contributed by atoms with Gasteiger partial charge in [0, 0.05) is 27.0 Å². The number of aryl methyl sites for hydroxylation is 6. The minimum absolute atomic E-state index is 0.0153. The molecular weight excluding hydrogens is 1530 g/mol. The number of hydrogen-bond acceptors (Lipinski definition) is 14. The molecule has 0 aliphatic heterocycles. The second-order valence-electron chi connectivity index (χ2n) is 24.5. The summed E-state index contributed by atoms with van der Waals surface area (Å²) in [6.07, 6.45) is 15.4. The van der Waals surface area contributed by atoms with E-state index in [4.69, 9.17) is 9.47 Å². The van der Waals surface area contributed by atoms with Gasteiger partial charge in [-0.1, -0.05) is 158 Å². The third-order valence-electron chi connectivity index (χ3n) is 16.1. The highest BCUT2D eigenvalue weighted by Crippen LogP contribution is 2.35. The number of aromatic hydroxyl groups is 4. The summed E-state index contributed by atoms with van der Waals surface area (Å²) in [5, 5.41) is 50.5. The second-order valence-corrected chi connectivity index (χ2v) is 28.3. The number of benzene rings is 12. The average Bonchev–Trinajstić information content (AvgIpc) is 0.850. The Labute approximate surface area is 651 Å². The molecule has 0 aromatic heterocycles. The number of rotatable bonds is 17. The zero-order valence-electron chi connectivity index (χ0n) is 59.3. The summed E-state index contributed by atoms with van der Waals surface area (Å²) in [6.45, 7) is 11.1. The topological polar surface area (TPSA) is 211 Å². The van der Waals surface area contributed by atoms with Crippen molar-refractivity contribution in [3.63, 3.8) is 0 Å². The van der Waals surface area contributed by atoms with Crippen molar-refractivity contribution in [3.05, 3.63) is 380 Å². The molecule has 0 amide bonds. The fourth-order valence-electron chi connectivity index (χ4n) is 10.6. The number of nitro groups is 1. The Morgan fingerprint density at radius 2 is 0.667 bits per heavy atom. The predicted molar refractivity (Wildman–Crippen MR) is 440 cm³/mol. The minimum atomic E-state index is -0.675. The van der Waals surface area contributed by atoms with Crippen molar-refractivity contribution in [2.75, 3.05) is 0 Å². The highest BCUT2D eigenvalue weighted by Gasteiger charge is 2.19. The van der Waals surface area contributed by atoms with E-state index in [2.05, 4.69) is 31.9 Å². The lowest BCUT2D eigenvalue weighted by Gasteiger charge is -2.06. The van der Waals surface area contributed by atoms with E-state index in [0.717, 1.165) is 87.7 Å². The van der Waals surface area contributed by atoms with Crippen molar-refractivity contribution in [1.29, 1.82) is 0 Å². The first-order chi connectivity index (χ1) is 51.8. The Kier molecular flexibility index (Phi) is 28.9. The summed E-state index contributed by atoms with van der Waals surface area (Å²) >= 11 is 9.10. The van der Waals surface area contributed by atoms with Gasteiger partial charge < -0.3 is 29.9 Å². The highest BCUT2D eigenvalue weighted by molar-refractivity contribution is 9.11. The minimum Gasteiger partial charge on any atom is -0.507 e. The van der Waals surface area contributed by atoms with Crippen molar-refractivity contribution in [2.45, 2.75) is 51.3 Å². The largest absolute Gasteiger partial charge is 0.507 e. The molecule has 108 heavy (non-hydrogen) atoms. The lowest BCUT2D eigenvalue weighted by molar-refractivity contribution is -0.385. The Morgan fingerprint density at radius 1 is 0.361 bits per heavy atom. The molecule has 18 heteroatoms. The van der Waals surface area contributed by atoms with Crippen molar-refractivity contribution in [1.82, 2.24) is 0 Å². The third kappa shape index (κ3) is 23.8. The summed E-state index contributed by atoms with van der Waals surface area (Å²) in [5.41, 5.74) is 14.0. The maximum Gasteiger partial charge on any atom is 0.343 e.